The zero-order valence-electron chi connectivity index (χ0n) is 13.8. The van der Waals surface area contributed by atoms with Crippen molar-refractivity contribution in [3.63, 3.8) is 0 Å². The van der Waals surface area contributed by atoms with Gasteiger partial charge in [-0.25, -0.2) is 0 Å². The van der Waals surface area contributed by atoms with E-state index in [9.17, 15) is 5.26 Å². The molecule has 0 spiro atoms. The molecule has 1 rings (SSSR count). The van der Waals surface area contributed by atoms with Gasteiger partial charge in [-0.05, 0) is 56.9 Å². The van der Waals surface area contributed by atoms with Crippen molar-refractivity contribution in [2.75, 3.05) is 13.2 Å². The van der Waals surface area contributed by atoms with Crippen LogP contribution in [0.4, 0.5) is 0 Å². The minimum Gasteiger partial charge on any atom is -0.378 e. The van der Waals surface area contributed by atoms with Crippen LogP contribution in [0.5, 0.6) is 0 Å². The predicted octanol–water partition coefficient (Wildman–Crippen LogP) is 4.03. The van der Waals surface area contributed by atoms with Crippen LogP contribution in [0.15, 0.2) is 0 Å². The highest BCUT2D eigenvalue weighted by molar-refractivity contribution is 5.05. The fraction of sp³-hybridized carbons (Fsp3) is 0.941. The van der Waals surface area contributed by atoms with Gasteiger partial charge in [-0.3, -0.25) is 5.32 Å². The molecule has 1 aliphatic rings. The van der Waals surface area contributed by atoms with Gasteiger partial charge < -0.3 is 4.74 Å². The third kappa shape index (κ3) is 5.42. The Hall–Kier alpha value is -0.590. The average Bonchev–Trinajstić information content (AvgIpc) is 2.44. The van der Waals surface area contributed by atoms with E-state index in [0.717, 1.165) is 32.4 Å². The van der Waals surface area contributed by atoms with E-state index in [4.69, 9.17) is 4.74 Å². The van der Waals surface area contributed by atoms with Crippen LogP contribution in [0.1, 0.15) is 72.6 Å². The lowest BCUT2D eigenvalue weighted by atomic mass is 9.76. The summed E-state index contributed by atoms with van der Waals surface area (Å²) in [5, 5.41) is 12.7. The lowest BCUT2D eigenvalue weighted by molar-refractivity contribution is 0.00142. The van der Waals surface area contributed by atoms with Crippen LogP contribution in [-0.4, -0.2) is 24.8 Å². The molecule has 1 aliphatic carbocycles. The van der Waals surface area contributed by atoms with Crippen LogP contribution in [0.25, 0.3) is 0 Å². The maximum absolute atomic E-state index is 9.36. The van der Waals surface area contributed by atoms with E-state index in [1.165, 1.54) is 25.7 Å². The van der Waals surface area contributed by atoms with Crippen molar-refractivity contribution in [2.24, 2.45) is 5.41 Å². The highest BCUT2D eigenvalue weighted by Crippen LogP contribution is 2.36. The van der Waals surface area contributed by atoms with Gasteiger partial charge in [0.15, 0.2) is 0 Å². The van der Waals surface area contributed by atoms with Gasteiger partial charge in [-0.15, -0.1) is 0 Å². The summed E-state index contributed by atoms with van der Waals surface area (Å²) in [5.41, 5.74) is 0.149. The lowest BCUT2D eigenvalue weighted by Crippen LogP contribution is -2.43. The van der Waals surface area contributed by atoms with E-state index in [1.54, 1.807) is 0 Å². The number of hydrogen-bond acceptors (Lipinski definition) is 3. The van der Waals surface area contributed by atoms with Crippen LogP contribution in [0.2, 0.25) is 0 Å². The van der Waals surface area contributed by atoms with Crippen molar-refractivity contribution in [2.45, 2.75) is 84.3 Å². The predicted molar refractivity (Wildman–Crippen MR) is 83.5 cm³/mol. The van der Waals surface area contributed by atoms with Gasteiger partial charge >= 0.3 is 0 Å². The molecule has 1 unspecified atom stereocenters. The number of nitrogens with one attached hydrogen (secondary N) is 1. The van der Waals surface area contributed by atoms with Gasteiger partial charge in [-0.2, -0.15) is 5.26 Å². The van der Waals surface area contributed by atoms with Crippen molar-refractivity contribution in [3.05, 3.63) is 0 Å². The average molecular weight is 280 g/mol. The molecule has 1 fully saturated rings. The minimum atomic E-state index is -0.354. The maximum Gasteiger partial charge on any atom is 0.106 e. The zero-order valence-corrected chi connectivity index (χ0v) is 13.8. The second kappa shape index (κ2) is 8.00. The first-order valence-corrected chi connectivity index (χ1v) is 8.25. The van der Waals surface area contributed by atoms with E-state index in [2.05, 4.69) is 39.1 Å². The molecule has 0 amide bonds. The molecular weight excluding hydrogens is 248 g/mol. The summed E-state index contributed by atoms with van der Waals surface area (Å²) in [6.07, 6.45) is 8.07. The van der Waals surface area contributed by atoms with E-state index in [-0.39, 0.29) is 5.54 Å². The molecule has 1 saturated carbocycles. The van der Waals surface area contributed by atoms with Crippen molar-refractivity contribution in [1.29, 1.82) is 5.26 Å². The minimum absolute atomic E-state index is 0.354. The first-order valence-electron chi connectivity index (χ1n) is 8.25. The molecule has 3 heteroatoms. The molecule has 0 aromatic rings. The molecule has 0 heterocycles. The summed E-state index contributed by atoms with van der Waals surface area (Å²) in [4.78, 5) is 0. The van der Waals surface area contributed by atoms with Crippen LogP contribution >= 0.6 is 0 Å². The topological polar surface area (TPSA) is 45.0 Å². The van der Waals surface area contributed by atoms with Gasteiger partial charge in [0.05, 0.1) is 12.2 Å². The van der Waals surface area contributed by atoms with E-state index >= 15 is 0 Å². The Kier molecular flexibility index (Phi) is 6.99. The molecule has 0 bridgehead atoms. The first kappa shape index (κ1) is 17.5. The second-order valence-corrected chi connectivity index (χ2v) is 6.92. The zero-order chi connectivity index (χ0) is 15.1. The fourth-order valence-electron chi connectivity index (χ4n) is 3.07. The SMILES string of the molecule is CCNC(C#N)(CC)CCCOC1CCC(C)(C)CC1. The molecule has 0 aromatic carbocycles. The van der Waals surface area contributed by atoms with Crippen molar-refractivity contribution >= 4 is 0 Å². The van der Waals surface area contributed by atoms with Crippen molar-refractivity contribution < 1.29 is 4.74 Å². The third-order valence-electron chi connectivity index (χ3n) is 4.72. The van der Waals surface area contributed by atoms with Crippen molar-refractivity contribution in [3.8, 4) is 6.07 Å². The van der Waals surface area contributed by atoms with Gasteiger partial charge in [0.1, 0.15) is 5.54 Å². The van der Waals surface area contributed by atoms with Crippen LogP contribution in [-0.2, 0) is 4.74 Å². The number of ether oxygens (including phenoxy) is 1. The monoisotopic (exact) mass is 280 g/mol. The number of nitrogens with zero attached hydrogens (tertiary/aromatic N) is 1. The third-order valence-corrected chi connectivity index (χ3v) is 4.72. The van der Waals surface area contributed by atoms with Crippen molar-refractivity contribution in [1.82, 2.24) is 5.32 Å². The Morgan fingerprint density at radius 2 is 1.95 bits per heavy atom. The van der Waals surface area contributed by atoms with Gasteiger partial charge in [0.25, 0.3) is 0 Å². The van der Waals surface area contributed by atoms with E-state index in [0.29, 0.717) is 11.5 Å². The largest absolute Gasteiger partial charge is 0.378 e. The smallest absolute Gasteiger partial charge is 0.106 e. The van der Waals surface area contributed by atoms with E-state index in [1.807, 2.05) is 0 Å². The number of nitriles is 1. The fourth-order valence-corrected chi connectivity index (χ4v) is 3.07. The van der Waals surface area contributed by atoms with Gasteiger partial charge in [0.2, 0.25) is 0 Å². The lowest BCUT2D eigenvalue weighted by Gasteiger charge is -2.34. The molecule has 20 heavy (non-hydrogen) atoms. The summed E-state index contributed by atoms with van der Waals surface area (Å²) < 4.78 is 6.00. The molecule has 1 N–H and O–H groups in total. The Labute approximate surface area is 125 Å². The maximum atomic E-state index is 9.36. The molecule has 0 aliphatic heterocycles. The van der Waals surface area contributed by atoms with Gasteiger partial charge in [-0.1, -0.05) is 27.7 Å². The Bertz CT molecular complexity index is 311. The standard InChI is InChI=1S/C17H32N2O/c1-5-17(14-18,19-6-2)10-7-13-20-15-8-11-16(3,4)12-9-15/h15,19H,5-13H2,1-4H3. The molecule has 0 saturated heterocycles. The number of rotatable bonds is 8. The Morgan fingerprint density at radius 3 is 2.45 bits per heavy atom. The normalized spacial score (nSPS) is 22.1. The summed E-state index contributed by atoms with van der Waals surface area (Å²) in [5.74, 6) is 0. The van der Waals surface area contributed by atoms with Crippen LogP contribution < -0.4 is 5.32 Å². The quantitative estimate of drug-likeness (QED) is 0.683. The molecular formula is C17H32N2O. The van der Waals surface area contributed by atoms with Gasteiger partial charge in [0, 0.05) is 6.61 Å². The molecule has 1 atom stereocenters. The number of hydrogen-bond donors (Lipinski definition) is 1. The highest BCUT2D eigenvalue weighted by atomic mass is 16.5. The van der Waals surface area contributed by atoms with Crippen LogP contribution in [0.3, 0.4) is 0 Å². The second-order valence-electron chi connectivity index (χ2n) is 6.92. The highest BCUT2D eigenvalue weighted by Gasteiger charge is 2.28. The molecule has 3 nitrogen and oxygen atoms in total. The molecule has 0 aromatic heterocycles. The summed E-state index contributed by atoms with van der Waals surface area (Å²) in [7, 11) is 0. The Balaban J connectivity index is 2.23. The van der Waals surface area contributed by atoms with Crippen LogP contribution in [0, 0.1) is 16.7 Å². The summed E-state index contributed by atoms with van der Waals surface area (Å²) in [6, 6.07) is 2.45. The first-order chi connectivity index (χ1) is 9.47. The van der Waals surface area contributed by atoms with E-state index < -0.39 is 0 Å². The summed E-state index contributed by atoms with van der Waals surface area (Å²) in [6.45, 7) is 10.5. The molecule has 116 valence electrons. The Morgan fingerprint density at radius 1 is 1.30 bits per heavy atom. The molecule has 0 radical (unpaired) electrons. The summed E-state index contributed by atoms with van der Waals surface area (Å²) >= 11 is 0.